The molecule has 0 saturated heterocycles. The van der Waals surface area contributed by atoms with Gasteiger partial charge in [-0.2, -0.15) is 0 Å². The summed E-state index contributed by atoms with van der Waals surface area (Å²) in [6.07, 6.45) is 0.763. The molecule has 0 aromatic heterocycles. The van der Waals surface area contributed by atoms with Crippen LogP contribution >= 0.6 is 15.9 Å². The van der Waals surface area contributed by atoms with Crippen molar-refractivity contribution < 1.29 is 19.0 Å². The number of hydrogen-bond donors (Lipinski definition) is 0. The van der Waals surface area contributed by atoms with E-state index in [9.17, 15) is 4.79 Å². The number of hydrogen-bond acceptors (Lipinski definition) is 5. The topological polar surface area (TPSA) is 57.1 Å². The van der Waals surface area contributed by atoms with E-state index in [0.29, 0.717) is 35.1 Å². The SMILES string of the molecule is COc1ccc(C(=O)C2=NCCc3cc(OC)c(OC)cc32)cc1Br. The molecule has 0 radical (unpaired) electrons. The number of ketones is 1. The maximum Gasteiger partial charge on any atom is 0.211 e. The van der Waals surface area contributed by atoms with Crippen LogP contribution in [0.25, 0.3) is 0 Å². The van der Waals surface area contributed by atoms with Crippen LogP contribution in [-0.2, 0) is 6.42 Å². The molecule has 0 N–H and O–H groups in total. The first kappa shape index (κ1) is 17.5. The predicted octanol–water partition coefficient (Wildman–Crippen LogP) is 3.70. The Morgan fingerprint density at radius 1 is 1.00 bits per heavy atom. The third-order valence-corrected chi connectivity index (χ3v) is 4.76. The molecule has 0 amide bonds. The summed E-state index contributed by atoms with van der Waals surface area (Å²) in [6, 6.07) is 8.99. The van der Waals surface area contributed by atoms with Crippen LogP contribution in [0.4, 0.5) is 0 Å². The van der Waals surface area contributed by atoms with Crippen molar-refractivity contribution in [3.05, 3.63) is 51.5 Å². The van der Waals surface area contributed by atoms with Crippen LogP contribution in [0, 0.1) is 0 Å². The lowest BCUT2D eigenvalue weighted by atomic mass is 9.92. The molecular formula is C19H18BrNO4. The quantitative estimate of drug-likeness (QED) is 0.714. The Kier molecular flexibility index (Phi) is 5.08. The van der Waals surface area contributed by atoms with E-state index >= 15 is 0 Å². The summed E-state index contributed by atoms with van der Waals surface area (Å²) in [4.78, 5) is 17.5. The largest absolute Gasteiger partial charge is 0.496 e. The molecule has 3 rings (SSSR count). The minimum Gasteiger partial charge on any atom is -0.496 e. The standard InChI is InChI=1S/C19H18BrNO4/c1-23-15-5-4-12(8-14(15)20)19(22)18-13-10-17(25-3)16(24-2)9-11(13)6-7-21-18/h4-5,8-10H,6-7H2,1-3H3. The Labute approximate surface area is 154 Å². The third-order valence-electron chi connectivity index (χ3n) is 4.14. The smallest absolute Gasteiger partial charge is 0.211 e. The molecule has 0 saturated carbocycles. The van der Waals surface area contributed by atoms with E-state index in [-0.39, 0.29) is 5.78 Å². The van der Waals surface area contributed by atoms with Crippen molar-refractivity contribution in [2.45, 2.75) is 6.42 Å². The number of methoxy groups -OCH3 is 3. The van der Waals surface area contributed by atoms with E-state index in [0.717, 1.165) is 22.0 Å². The molecular weight excluding hydrogens is 386 g/mol. The van der Waals surface area contributed by atoms with Gasteiger partial charge < -0.3 is 14.2 Å². The van der Waals surface area contributed by atoms with E-state index in [1.54, 1.807) is 39.5 Å². The van der Waals surface area contributed by atoms with Gasteiger partial charge in [0, 0.05) is 17.7 Å². The highest BCUT2D eigenvalue weighted by Gasteiger charge is 2.24. The molecule has 0 unspecified atom stereocenters. The van der Waals surface area contributed by atoms with Crippen molar-refractivity contribution in [3.63, 3.8) is 0 Å². The first-order valence-electron chi connectivity index (χ1n) is 7.77. The third kappa shape index (κ3) is 3.26. The molecule has 1 aliphatic rings. The van der Waals surface area contributed by atoms with Crippen LogP contribution in [0.2, 0.25) is 0 Å². The van der Waals surface area contributed by atoms with Crippen LogP contribution < -0.4 is 14.2 Å². The maximum absolute atomic E-state index is 13.0. The number of ether oxygens (including phenoxy) is 3. The van der Waals surface area contributed by atoms with Gasteiger partial charge in [-0.3, -0.25) is 9.79 Å². The molecule has 5 nitrogen and oxygen atoms in total. The van der Waals surface area contributed by atoms with Crippen molar-refractivity contribution in [2.24, 2.45) is 4.99 Å². The number of carbonyl (C=O) groups is 1. The zero-order valence-corrected chi connectivity index (χ0v) is 15.8. The summed E-state index contributed by atoms with van der Waals surface area (Å²) in [5.74, 6) is 1.78. The number of nitrogens with zero attached hydrogens (tertiary/aromatic N) is 1. The highest BCUT2D eigenvalue weighted by molar-refractivity contribution is 9.10. The molecule has 1 aliphatic heterocycles. The highest BCUT2D eigenvalue weighted by atomic mass is 79.9. The van der Waals surface area contributed by atoms with Gasteiger partial charge in [0.05, 0.1) is 25.8 Å². The molecule has 6 heteroatoms. The Balaban J connectivity index is 2.03. The fourth-order valence-corrected chi connectivity index (χ4v) is 3.40. The van der Waals surface area contributed by atoms with E-state index < -0.39 is 0 Å². The maximum atomic E-state index is 13.0. The number of rotatable bonds is 5. The van der Waals surface area contributed by atoms with E-state index in [4.69, 9.17) is 14.2 Å². The summed E-state index contributed by atoms with van der Waals surface area (Å²) in [7, 11) is 4.76. The summed E-state index contributed by atoms with van der Waals surface area (Å²) < 4.78 is 16.7. The molecule has 130 valence electrons. The molecule has 0 spiro atoms. The van der Waals surface area contributed by atoms with Crippen LogP contribution in [-0.4, -0.2) is 39.4 Å². The molecule has 2 aromatic carbocycles. The van der Waals surface area contributed by atoms with Gasteiger partial charge in [-0.25, -0.2) is 0 Å². The van der Waals surface area contributed by atoms with Crippen LogP contribution in [0.15, 0.2) is 39.8 Å². The first-order valence-corrected chi connectivity index (χ1v) is 8.56. The molecule has 0 bridgehead atoms. The van der Waals surface area contributed by atoms with Gasteiger partial charge in [-0.05, 0) is 58.2 Å². The predicted molar refractivity (Wildman–Crippen MR) is 99.7 cm³/mol. The van der Waals surface area contributed by atoms with E-state index in [1.807, 2.05) is 12.1 Å². The highest BCUT2D eigenvalue weighted by Crippen LogP contribution is 2.33. The number of Topliss-reactive ketones (excluding diaryl/α,β-unsaturated/α-hetero) is 1. The van der Waals surface area contributed by atoms with Crippen molar-refractivity contribution >= 4 is 27.4 Å². The normalized spacial score (nSPS) is 12.9. The number of fused-ring (bicyclic) bond motifs is 1. The molecule has 2 aromatic rings. The molecule has 0 aliphatic carbocycles. The lowest BCUT2D eigenvalue weighted by Gasteiger charge is -2.19. The van der Waals surface area contributed by atoms with Crippen molar-refractivity contribution in [1.29, 1.82) is 0 Å². The Hall–Kier alpha value is -2.34. The number of benzene rings is 2. The molecule has 1 heterocycles. The molecule has 25 heavy (non-hydrogen) atoms. The Morgan fingerprint density at radius 2 is 1.68 bits per heavy atom. The second-order valence-electron chi connectivity index (χ2n) is 5.52. The van der Waals surface area contributed by atoms with Gasteiger partial charge in [0.25, 0.3) is 0 Å². The molecule has 0 atom stereocenters. The van der Waals surface area contributed by atoms with E-state index in [2.05, 4.69) is 20.9 Å². The van der Waals surface area contributed by atoms with Gasteiger partial charge in [0.15, 0.2) is 11.5 Å². The van der Waals surface area contributed by atoms with Crippen molar-refractivity contribution in [3.8, 4) is 17.2 Å². The lowest BCUT2D eigenvalue weighted by Crippen LogP contribution is -2.22. The minimum absolute atomic E-state index is 0.128. The van der Waals surface area contributed by atoms with E-state index in [1.165, 1.54) is 0 Å². The zero-order valence-electron chi connectivity index (χ0n) is 14.3. The van der Waals surface area contributed by atoms with Crippen LogP contribution in [0.5, 0.6) is 17.2 Å². The lowest BCUT2D eigenvalue weighted by molar-refractivity contribution is 0.106. The monoisotopic (exact) mass is 403 g/mol. The number of carbonyl (C=O) groups excluding carboxylic acids is 1. The Morgan fingerprint density at radius 3 is 2.32 bits per heavy atom. The van der Waals surface area contributed by atoms with Crippen molar-refractivity contribution in [2.75, 3.05) is 27.9 Å². The summed E-state index contributed by atoms with van der Waals surface area (Å²) in [6.45, 7) is 0.570. The first-order chi connectivity index (χ1) is 12.1. The number of halogens is 1. The van der Waals surface area contributed by atoms with Gasteiger partial charge in [0.2, 0.25) is 5.78 Å². The average Bonchev–Trinajstić information content (AvgIpc) is 2.65. The summed E-state index contributed by atoms with van der Waals surface area (Å²) >= 11 is 3.42. The molecule has 0 fully saturated rings. The minimum atomic E-state index is -0.128. The second-order valence-corrected chi connectivity index (χ2v) is 6.38. The fraction of sp³-hybridized carbons (Fsp3) is 0.263. The van der Waals surface area contributed by atoms with Crippen LogP contribution in [0.1, 0.15) is 21.5 Å². The zero-order chi connectivity index (χ0) is 18.0. The summed E-state index contributed by atoms with van der Waals surface area (Å²) in [5, 5.41) is 0. The average molecular weight is 404 g/mol. The van der Waals surface area contributed by atoms with Gasteiger partial charge in [0.1, 0.15) is 11.5 Å². The Bertz CT molecular complexity index is 861. The van der Waals surface area contributed by atoms with Gasteiger partial charge in [-0.1, -0.05) is 0 Å². The van der Waals surface area contributed by atoms with Gasteiger partial charge in [-0.15, -0.1) is 0 Å². The number of aliphatic imine (C=N–C) groups is 1. The summed E-state index contributed by atoms with van der Waals surface area (Å²) in [5.41, 5.74) is 2.82. The van der Waals surface area contributed by atoms with Gasteiger partial charge >= 0.3 is 0 Å². The fourth-order valence-electron chi connectivity index (χ4n) is 2.86. The van der Waals surface area contributed by atoms with Crippen molar-refractivity contribution in [1.82, 2.24) is 0 Å². The second kappa shape index (κ2) is 7.27. The van der Waals surface area contributed by atoms with Crippen LogP contribution in [0.3, 0.4) is 0 Å².